The lowest BCUT2D eigenvalue weighted by Gasteiger charge is -2.22. The predicted octanol–water partition coefficient (Wildman–Crippen LogP) is 8.01. The number of hydrogen-bond donors (Lipinski definition) is 2. The van der Waals surface area contributed by atoms with E-state index in [4.69, 9.17) is 9.47 Å². The number of nitrogens with zero attached hydrogens (tertiary/aromatic N) is 1. The van der Waals surface area contributed by atoms with Crippen LogP contribution in [0.5, 0.6) is 0 Å². The number of rotatable bonds is 16. The van der Waals surface area contributed by atoms with Gasteiger partial charge in [-0.1, -0.05) is 36.4 Å². The van der Waals surface area contributed by atoms with Crippen LogP contribution in [-0.4, -0.2) is 55.0 Å². The summed E-state index contributed by atoms with van der Waals surface area (Å²) in [6, 6.07) is 23.5. The van der Waals surface area contributed by atoms with Gasteiger partial charge in [0.05, 0.1) is 24.8 Å². The molecule has 0 bridgehead atoms. The Labute approximate surface area is 309 Å². The van der Waals surface area contributed by atoms with Gasteiger partial charge in [-0.25, -0.2) is 4.79 Å². The molecule has 10 heteroatoms. The van der Waals surface area contributed by atoms with Crippen LogP contribution < -0.4 is 10.6 Å². The molecule has 0 aliphatic heterocycles. The molecule has 0 saturated heterocycles. The molecule has 2 aliphatic rings. The summed E-state index contributed by atoms with van der Waals surface area (Å²) in [6.45, 7) is 3.73. The minimum absolute atomic E-state index is 0.160. The number of esters is 2. The first-order valence-corrected chi connectivity index (χ1v) is 19.1. The highest BCUT2D eigenvalue weighted by Gasteiger charge is 2.29. The number of methoxy groups -OCH3 is 1. The van der Waals surface area contributed by atoms with Crippen molar-refractivity contribution in [2.75, 3.05) is 30.9 Å². The summed E-state index contributed by atoms with van der Waals surface area (Å²) in [7, 11) is 1.37. The number of benzene rings is 3. The number of anilines is 2. The van der Waals surface area contributed by atoms with Crippen LogP contribution in [0.15, 0.2) is 72.8 Å². The van der Waals surface area contributed by atoms with E-state index >= 15 is 0 Å². The fraction of sp³-hybridized carbons (Fsp3) is 0.381. The lowest BCUT2D eigenvalue weighted by atomic mass is 9.95. The van der Waals surface area contributed by atoms with Crippen LogP contribution in [-0.2, 0) is 46.5 Å². The standard InChI is InChI=1S/C42H47N3O6S/c1-3-51-37(46)12-7-25-45(34-23-24-34)27-30-8-6-9-32(26-30)39(47)44-41-38(35-10-4-5-11-36(35)52-41)40(48)43-33-21-17-29(18-22-33)14-13-28-15-19-31(20-16-28)42(49)50-2/h6,8-9,15-22,26,34H,3-5,7,10-14,23-25,27H2,1-2H3,(H,43,48)(H,44,47). The maximum absolute atomic E-state index is 13.9. The molecule has 3 aromatic carbocycles. The Morgan fingerprint density at radius 1 is 0.827 bits per heavy atom. The molecular weight excluding hydrogens is 675 g/mol. The van der Waals surface area contributed by atoms with Crippen molar-refractivity contribution in [3.63, 3.8) is 0 Å². The molecular formula is C42H47N3O6S. The van der Waals surface area contributed by atoms with Gasteiger partial charge in [0.2, 0.25) is 0 Å². The Kier molecular flexibility index (Phi) is 12.5. The van der Waals surface area contributed by atoms with Crippen molar-refractivity contribution in [3.05, 3.63) is 117 Å². The third-order valence-electron chi connectivity index (χ3n) is 9.68. The molecule has 272 valence electrons. The molecule has 0 radical (unpaired) electrons. The first-order chi connectivity index (χ1) is 25.3. The molecule has 2 N–H and O–H groups in total. The number of nitrogens with one attached hydrogen (secondary N) is 2. The van der Waals surface area contributed by atoms with Crippen LogP contribution in [0.2, 0.25) is 0 Å². The Hall–Kier alpha value is -4.80. The van der Waals surface area contributed by atoms with Gasteiger partial charge in [-0.15, -0.1) is 11.3 Å². The van der Waals surface area contributed by atoms with Crippen molar-refractivity contribution < 1.29 is 28.7 Å². The van der Waals surface area contributed by atoms with E-state index in [1.165, 1.54) is 23.3 Å². The number of carbonyl (C=O) groups excluding carboxylic acids is 4. The number of thiophene rings is 1. The summed E-state index contributed by atoms with van der Waals surface area (Å²) in [5.74, 6) is -0.962. The highest BCUT2D eigenvalue weighted by molar-refractivity contribution is 7.17. The van der Waals surface area contributed by atoms with E-state index in [1.807, 2.05) is 67.6 Å². The number of fused-ring (bicyclic) bond motifs is 1. The molecule has 9 nitrogen and oxygen atoms in total. The van der Waals surface area contributed by atoms with Gasteiger partial charge < -0.3 is 20.1 Å². The average molecular weight is 722 g/mol. The molecule has 52 heavy (non-hydrogen) atoms. The molecule has 1 aromatic heterocycles. The largest absolute Gasteiger partial charge is 0.466 e. The van der Waals surface area contributed by atoms with E-state index in [-0.39, 0.29) is 23.8 Å². The normalized spacial score (nSPS) is 13.7. The van der Waals surface area contributed by atoms with E-state index in [2.05, 4.69) is 15.5 Å². The van der Waals surface area contributed by atoms with E-state index in [0.717, 1.165) is 86.6 Å². The maximum atomic E-state index is 13.9. The summed E-state index contributed by atoms with van der Waals surface area (Å²) < 4.78 is 9.87. The lowest BCUT2D eigenvalue weighted by Crippen LogP contribution is -2.27. The predicted molar refractivity (Wildman–Crippen MR) is 204 cm³/mol. The zero-order valence-corrected chi connectivity index (χ0v) is 30.8. The SMILES string of the molecule is CCOC(=O)CCCN(Cc1cccc(C(=O)Nc2sc3c(c2C(=O)Nc2ccc(CCc4ccc(C(=O)OC)cc4)cc2)CCCC3)c1)C1CC1. The molecule has 2 amide bonds. The molecule has 2 aliphatic carbocycles. The molecule has 1 saturated carbocycles. The summed E-state index contributed by atoms with van der Waals surface area (Å²) >= 11 is 1.51. The Bertz CT molecular complexity index is 1880. The molecule has 0 atom stereocenters. The molecule has 1 fully saturated rings. The van der Waals surface area contributed by atoms with Gasteiger partial charge in [-0.05, 0) is 130 Å². The molecule has 4 aromatic rings. The quantitative estimate of drug-likeness (QED) is 0.113. The van der Waals surface area contributed by atoms with Crippen LogP contribution in [0.4, 0.5) is 10.7 Å². The van der Waals surface area contributed by atoms with Crippen molar-refractivity contribution in [2.24, 2.45) is 0 Å². The smallest absolute Gasteiger partial charge is 0.337 e. The van der Waals surface area contributed by atoms with Gasteiger partial charge in [0.15, 0.2) is 0 Å². The molecule has 6 rings (SSSR count). The Balaban J connectivity index is 1.09. The summed E-state index contributed by atoms with van der Waals surface area (Å²) in [5.41, 5.74) is 6.67. The van der Waals surface area contributed by atoms with Crippen molar-refractivity contribution in [1.82, 2.24) is 4.90 Å². The minimum Gasteiger partial charge on any atom is -0.466 e. The van der Waals surface area contributed by atoms with Gasteiger partial charge in [-0.2, -0.15) is 0 Å². The van der Waals surface area contributed by atoms with Crippen LogP contribution >= 0.6 is 11.3 Å². The number of aryl methyl sites for hydroxylation is 3. The molecule has 0 unspecified atom stereocenters. The molecule has 1 heterocycles. The van der Waals surface area contributed by atoms with Gasteiger partial charge in [0.1, 0.15) is 5.00 Å². The van der Waals surface area contributed by atoms with E-state index < -0.39 is 0 Å². The van der Waals surface area contributed by atoms with E-state index in [0.29, 0.717) is 53.0 Å². The highest BCUT2D eigenvalue weighted by atomic mass is 32.1. The van der Waals surface area contributed by atoms with Crippen molar-refractivity contribution in [3.8, 4) is 0 Å². The highest BCUT2D eigenvalue weighted by Crippen LogP contribution is 2.39. The van der Waals surface area contributed by atoms with E-state index in [1.54, 1.807) is 12.1 Å². The third kappa shape index (κ3) is 9.74. The average Bonchev–Trinajstić information content (AvgIpc) is 3.95. The zero-order valence-electron chi connectivity index (χ0n) is 30.0. The lowest BCUT2D eigenvalue weighted by molar-refractivity contribution is -0.143. The molecule has 0 spiro atoms. The summed E-state index contributed by atoms with van der Waals surface area (Å²) in [5, 5.41) is 6.79. The van der Waals surface area contributed by atoms with Crippen LogP contribution in [0, 0.1) is 0 Å². The van der Waals surface area contributed by atoms with Crippen molar-refractivity contribution in [2.45, 2.75) is 83.7 Å². The van der Waals surface area contributed by atoms with Crippen molar-refractivity contribution in [1.29, 1.82) is 0 Å². The second kappa shape index (κ2) is 17.6. The topological polar surface area (TPSA) is 114 Å². The fourth-order valence-corrected chi connectivity index (χ4v) is 8.05. The van der Waals surface area contributed by atoms with Gasteiger partial charge in [0, 0.05) is 35.1 Å². The number of carbonyl (C=O) groups is 4. The monoisotopic (exact) mass is 721 g/mol. The van der Waals surface area contributed by atoms with Crippen molar-refractivity contribution >= 4 is 45.8 Å². The van der Waals surface area contributed by atoms with E-state index in [9.17, 15) is 19.2 Å². The summed E-state index contributed by atoms with van der Waals surface area (Å²) in [4.78, 5) is 54.7. The second-order valence-electron chi connectivity index (χ2n) is 13.5. The first-order valence-electron chi connectivity index (χ1n) is 18.3. The van der Waals surface area contributed by atoms with Crippen LogP contribution in [0.25, 0.3) is 0 Å². The van der Waals surface area contributed by atoms with Gasteiger partial charge in [-0.3, -0.25) is 19.3 Å². The Morgan fingerprint density at radius 3 is 2.23 bits per heavy atom. The summed E-state index contributed by atoms with van der Waals surface area (Å²) in [6.07, 6.45) is 8.86. The zero-order chi connectivity index (χ0) is 36.5. The van der Waals surface area contributed by atoms with Gasteiger partial charge >= 0.3 is 11.9 Å². The fourth-order valence-electron chi connectivity index (χ4n) is 6.77. The second-order valence-corrected chi connectivity index (χ2v) is 14.6. The number of ether oxygens (including phenoxy) is 2. The van der Waals surface area contributed by atoms with Gasteiger partial charge in [0.25, 0.3) is 11.8 Å². The third-order valence-corrected chi connectivity index (χ3v) is 10.9. The first kappa shape index (κ1) is 37.0. The minimum atomic E-state index is -0.347. The Morgan fingerprint density at radius 2 is 1.54 bits per heavy atom. The van der Waals surface area contributed by atoms with Crippen LogP contribution in [0.1, 0.15) is 104 Å². The number of hydrogen-bond acceptors (Lipinski definition) is 8. The van der Waals surface area contributed by atoms with Crippen LogP contribution in [0.3, 0.4) is 0 Å². The maximum Gasteiger partial charge on any atom is 0.337 e. The number of amides is 2.